The van der Waals surface area contributed by atoms with Crippen molar-refractivity contribution in [1.29, 1.82) is 0 Å². The molecule has 21 heavy (non-hydrogen) atoms. The average molecular weight is 291 g/mol. The van der Waals surface area contributed by atoms with Crippen LogP contribution in [0.3, 0.4) is 0 Å². The van der Waals surface area contributed by atoms with Crippen LogP contribution in [0.1, 0.15) is 51.1 Å². The minimum absolute atomic E-state index is 0.212. The average Bonchev–Trinajstić information content (AvgIpc) is 2.96. The van der Waals surface area contributed by atoms with Crippen molar-refractivity contribution >= 4 is 12.0 Å². The first-order valence-electron chi connectivity index (χ1n) is 7.69. The van der Waals surface area contributed by atoms with E-state index in [0.717, 1.165) is 5.76 Å². The predicted molar refractivity (Wildman–Crippen MR) is 82.7 cm³/mol. The second kappa shape index (κ2) is 6.94. The summed E-state index contributed by atoms with van der Waals surface area (Å²) in [5.74, 6) is 3.16. The predicted octanol–water partition coefficient (Wildman–Crippen LogP) is 2.94. The zero-order chi connectivity index (χ0) is 15.4. The monoisotopic (exact) mass is 291 g/mol. The fraction of sp³-hybridized carbons (Fsp3) is 0.588. The van der Waals surface area contributed by atoms with Gasteiger partial charge in [0.05, 0.1) is 6.10 Å². The Morgan fingerprint density at radius 2 is 2.24 bits per heavy atom. The van der Waals surface area contributed by atoms with Gasteiger partial charge >= 0.3 is 0 Å². The van der Waals surface area contributed by atoms with Crippen molar-refractivity contribution in [3.63, 3.8) is 0 Å². The molecule has 1 saturated carbocycles. The van der Waals surface area contributed by atoms with Crippen LogP contribution < -0.4 is 5.32 Å². The lowest BCUT2D eigenvalue weighted by Crippen LogP contribution is -2.31. The molecule has 0 aromatic carbocycles. The number of hydrogen-bond donors (Lipinski definition) is 2. The van der Waals surface area contributed by atoms with Crippen molar-refractivity contribution < 1.29 is 14.3 Å². The van der Waals surface area contributed by atoms with E-state index in [1.54, 1.807) is 6.08 Å². The maximum atomic E-state index is 11.7. The van der Waals surface area contributed by atoms with Gasteiger partial charge in [-0.3, -0.25) is 4.79 Å². The van der Waals surface area contributed by atoms with Crippen LogP contribution in [0.5, 0.6) is 0 Å². The van der Waals surface area contributed by atoms with Gasteiger partial charge in [-0.1, -0.05) is 20.8 Å². The van der Waals surface area contributed by atoms with Gasteiger partial charge in [-0.15, -0.1) is 0 Å². The summed E-state index contributed by atoms with van der Waals surface area (Å²) in [7, 11) is 0. The fourth-order valence-corrected chi connectivity index (χ4v) is 2.44. The highest BCUT2D eigenvalue weighted by Gasteiger charge is 2.36. The number of furan rings is 1. The van der Waals surface area contributed by atoms with Crippen molar-refractivity contribution in [3.8, 4) is 0 Å². The highest BCUT2D eigenvalue weighted by Crippen LogP contribution is 2.47. The molecule has 1 aromatic heterocycles. The van der Waals surface area contributed by atoms with Gasteiger partial charge in [-0.2, -0.15) is 0 Å². The first kappa shape index (κ1) is 15.8. The Morgan fingerprint density at radius 1 is 1.52 bits per heavy atom. The zero-order valence-corrected chi connectivity index (χ0v) is 13.0. The number of hydrogen-bond acceptors (Lipinski definition) is 3. The van der Waals surface area contributed by atoms with Crippen LogP contribution in [0.2, 0.25) is 0 Å². The molecule has 4 heteroatoms. The van der Waals surface area contributed by atoms with Gasteiger partial charge in [0.25, 0.3) is 0 Å². The lowest BCUT2D eigenvalue weighted by atomic mass is 10.1. The minimum Gasteiger partial charge on any atom is -0.461 e. The van der Waals surface area contributed by atoms with Crippen LogP contribution in [0, 0.1) is 11.8 Å². The molecular weight excluding hydrogens is 266 g/mol. The lowest BCUT2D eigenvalue weighted by molar-refractivity contribution is -0.116. The van der Waals surface area contributed by atoms with Gasteiger partial charge in [0.15, 0.2) is 0 Å². The van der Waals surface area contributed by atoms with E-state index in [1.807, 2.05) is 26.0 Å². The third-order valence-electron chi connectivity index (χ3n) is 3.78. The molecule has 2 rings (SSSR count). The second-order valence-electron chi connectivity index (χ2n) is 6.42. The normalized spacial score (nSPS) is 22.7. The van der Waals surface area contributed by atoms with E-state index < -0.39 is 6.10 Å². The van der Waals surface area contributed by atoms with E-state index in [2.05, 4.69) is 12.2 Å². The zero-order valence-electron chi connectivity index (χ0n) is 13.0. The Bertz CT molecular complexity index is 504. The van der Waals surface area contributed by atoms with E-state index in [-0.39, 0.29) is 12.5 Å². The molecule has 1 aliphatic carbocycles. The Kier molecular flexibility index (Phi) is 5.23. The van der Waals surface area contributed by atoms with Gasteiger partial charge in [0.2, 0.25) is 5.91 Å². The number of carbonyl (C=O) groups excluding carboxylic acids is 1. The van der Waals surface area contributed by atoms with Gasteiger partial charge in [-0.05, 0) is 42.9 Å². The van der Waals surface area contributed by atoms with E-state index in [0.29, 0.717) is 29.9 Å². The Labute approximate surface area is 126 Å². The summed E-state index contributed by atoms with van der Waals surface area (Å²) in [6.45, 7) is 6.57. The van der Waals surface area contributed by atoms with Crippen LogP contribution in [-0.4, -0.2) is 23.7 Å². The van der Waals surface area contributed by atoms with Gasteiger partial charge in [-0.25, -0.2) is 0 Å². The summed E-state index contributed by atoms with van der Waals surface area (Å²) in [5.41, 5.74) is 0. The molecule has 1 fully saturated rings. The summed E-state index contributed by atoms with van der Waals surface area (Å²) in [6.07, 6.45) is 4.49. The van der Waals surface area contributed by atoms with Crippen LogP contribution in [0.4, 0.5) is 0 Å². The molecule has 4 nitrogen and oxygen atoms in total. The first-order chi connectivity index (χ1) is 9.95. The molecule has 1 amide bonds. The van der Waals surface area contributed by atoms with Crippen LogP contribution in [0.15, 0.2) is 22.6 Å². The molecule has 2 N–H and O–H groups in total. The summed E-state index contributed by atoms with van der Waals surface area (Å²) in [6, 6.07) is 3.87. The number of aliphatic hydroxyl groups excluding tert-OH is 1. The van der Waals surface area contributed by atoms with Crippen molar-refractivity contribution in [1.82, 2.24) is 5.32 Å². The van der Waals surface area contributed by atoms with Crippen molar-refractivity contribution in [3.05, 3.63) is 29.7 Å². The lowest BCUT2D eigenvalue weighted by Gasteiger charge is -2.12. The number of rotatable bonds is 7. The Hall–Kier alpha value is -1.55. The Balaban J connectivity index is 1.75. The molecule has 0 saturated heterocycles. The largest absolute Gasteiger partial charge is 0.461 e. The summed E-state index contributed by atoms with van der Waals surface area (Å²) in [5, 5.41) is 12.4. The molecule has 0 aliphatic heterocycles. The number of amides is 1. The molecule has 0 radical (unpaired) electrons. The standard InChI is InChI=1S/C17H25NO3/c1-11(2)8-13(19)10-18-17(20)7-5-14-4-6-16(21-14)15-9-12(15)3/h4-7,11-13,15,19H,8-10H2,1-3H3,(H,18,20)/b7-5+. The molecule has 1 heterocycles. The highest BCUT2D eigenvalue weighted by molar-refractivity contribution is 5.91. The van der Waals surface area contributed by atoms with Crippen LogP contribution >= 0.6 is 0 Å². The smallest absolute Gasteiger partial charge is 0.244 e. The van der Waals surface area contributed by atoms with E-state index in [1.165, 1.54) is 12.5 Å². The molecule has 3 unspecified atom stereocenters. The third kappa shape index (κ3) is 5.05. The molecule has 1 aromatic rings. The maximum Gasteiger partial charge on any atom is 0.244 e. The van der Waals surface area contributed by atoms with E-state index in [4.69, 9.17) is 4.42 Å². The summed E-state index contributed by atoms with van der Waals surface area (Å²) >= 11 is 0. The molecule has 3 atom stereocenters. The van der Waals surface area contributed by atoms with Gasteiger partial charge in [0.1, 0.15) is 11.5 Å². The van der Waals surface area contributed by atoms with E-state index >= 15 is 0 Å². The Morgan fingerprint density at radius 3 is 2.86 bits per heavy atom. The van der Waals surface area contributed by atoms with Crippen molar-refractivity contribution in [2.24, 2.45) is 11.8 Å². The molecule has 1 aliphatic rings. The topological polar surface area (TPSA) is 62.5 Å². The van der Waals surface area contributed by atoms with Crippen molar-refractivity contribution in [2.45, 2.75) is 45.6 Å². The summed E-state index contributed by atoms with van der Waals surface area (Å²) < 4.78 is 5.69. The minimum atomic E-state index is -0.492. The van der Waals surface area contributed by atoms with Crippen molar-refractivity contribution in [2.75, 3.05) is 6.54 Å². The number of nitrogens with one attached hydrogen (secondary N) is 1. The van der Waals surface area contributed by atoms with Gasteiger partial charge < -0.3 is 14.8 Å². The quantitative estimate of drug-likeness (QED) is 0.759. The molecular formula is C17H25NO3. The maximum absolute atomic E-state index is 11.7. The fourth-order valence-electron chi connectivity index (χ4n) is 2.44. The second-order valence-corrected chi connectivity index (χ2v) is 6.42. The van der Waals surface area contributed by atoms with Crippen LogP contribution in [0.25, 0.3) is 6.08 Å². The molecule has 0 spiro atoms. The number of aliphatic hydroxyl groups is 1. The molecule has 0 bridgehead atoms. The third-order valence-corrected chi connectivity index (χ3v) is 3.78. The SMILES string of the molecule is CC(C)CC(O)CNC(=O)/C=C/c1ccc(C2CC2C)o1. The number of carbonyl (C=O) groups is 1. The van der Waals surface area contributed by atoms with E-state index in [9.17, 15) is 9.90 Å². The highest BCUT2D eigenvalue weighted by atomic mass is 16.3. The van der Waals surface area contributed by atoms with Gasteiger partial charge in [0, 0.05) is 18.5 Å². The first-order valence-corrected chi connectivity index (χ1v) is 7.69. The molecule has 116 valence electrons. The van der Waals surface area contributed by atoms with Crippen LogP contribution in [-0.2, 0) is 4.79 Å². The summed E-state index contributed by atoms with van der Waals surface area (Å²) in [4.78, 5) is 11.7.